The van der Waals surface area contributed by atoms with Crippen LogP contribution in [-0.2, 0) is 0 Å². The number of ether oxygens (including phenoxy) is 1. The van der Waals surface area contributed by atoms with E-state index in [2.05, 4.69) is 5.10 Å². The van der Waals surface area contributed by atoms with Crippen LogP contribution in [0.3, 0.4) is 0 Å². The van der Waals surface area contributed by atoms with Crippen molar-refractivity contribution in [1.29, 1.82) is 0 Å². The zero-order valence-electron chi connectivity index (χ0n) is 19.2. The predicted molar refractivity (Wildman–Crippen MR) is 133 cm³/mol. The normalized spacial score (nSPS) is 15.6. The molecule has 1 aliphatic rings. The van der Waals surface area contributed by atoms with Gasteiger partial charge in [-0.2, -0.15) is 9.78 Å². The molecule has 1 atom stereocenters. The smallest absolute Gasteiger partial charge is 0.313 e. The quantitative estimate of drug-likeness (QED) is 0.231. The van der Waals surface area contributed by atoms with E-state index in [1.54, 1.807) is 18.2 Å². The molecular formula is C25H27ClN4O4. The summed E-state index contributed by atoms with van der Waals surface area (Å²) in [6.45, 7) is 3.74. The van der Waals surface area contributed by atoms with Crippen LogP contribution in [0.25, 0.3) is 10.9 Å². The highest BCUT2D eigenvalue weighted by Crippen LogP contribution is 2.37. The summed E-state index contributed by atoms with van der Waals surface area (Å²) in [5, 5.41) is 16.7. The molecule has 4 rings (SSSR count). The van der Waals surface area contributed by atoms with Gasteiger partial charge in [-0.1, -0.05) is 49.9 Å². The molecule has 1 heterocycles. The van der Waals surface area contributed by atoms with Crippen molar-refractivity contribution in [3.05, 3.63) is 73.3 Å². The molecule has 0 unspecified atom stereocenters. The lowest BCUT2D eigenvalue weighted by atomic mass is 9.88. The number of aromatic nitrogens is 2. The SMILES string of the molecule is CC[C@H](C)Oc1c(Cl)cc(C=Nn2c(C3CCCCC3)nc3ccccc3c2=O)cc1[N+](=O)[O-]. The molecule has 2 aromatic carbocycles. The minimum Gasteiger partial charge on any atom is -0.483 e. The minimum absolute atomic E-state index is 0.0330. The van der Waals surface area contributed by atoms with E-state index in [9.17, 15) is 14.9 Å². The maximum atomic E-state index is 13.3. The van der Waals surface area contributed by atoms with Gasteiger partial charge < -0.3 is 4.74 Å². The second-order valence-corrected chi connectivity index (χ2v) is 9.04. The Bertz CT molecular complexity index is 1300. The summed E-state index contributed by atoms with van der Waals surface area (Å²) >= 11 is 6.35. The fraction of sp³-hybridized carbons (Fsp3) is 0.400. The molecule has 34 heavy (non-hydrogen) atoms. The zero-order valence-corrected chi connectivity index (χ0v) is 20.0. The third-order valence-electron chi connectivity index (χ3n) is 6.21. The summed E-state index contributed by atoms with van der Waals surface area (Å²) in [7, 11) is 0. The van der Waals surface area contributed by atoms with Crippen LogP contribution >= 0.6 is 11.6 Å². The van der Waals surface area contributed by atoms with Crippen molar-refractivity contribution in [3.8, 4) is 5.75 Å². The average molecular weight is 483 g/mol. The first-order valence-electron chi connectivity index (χ1n) is 11.6. The van der Waals surface area contributed by atoms with Crippen molar-refractivity contribution in [3.63, 3.8) is 0 Å². The van der Waals surface area contributed by atoms with Crippen LogP contribution in [0.1, 0.15) is 69.7 Å². The van der Waals surface area contributed by atoms with E-state index in [-0.39, 0.29) is 34.0 Å². The molecule has 0 N–H and O–H groups in total. The zero-order chi connectivity index (χ0) is 24.2. The van der Waals surface area contributed by atoms with Gasteiger partial charge in [-0.25, -0.2) is 4.98 Å². The van der Waals surface area contributed by atoms with Gasteiger partial charge in [-0.15, -0.1) is 0 Å². The maximum absolute atomic E-state index is 13.3. The molecular weight excluding hydrogens is 456 g/mol. The van der Waals surface area contributed by atoms with Crippen LogP contribution in [0, 0.1) is 10.1 Å². The number of para-hydroxylation sites is 1. The number of benzene rings is 2. The van der Waals surface area contributed by atoms with Gasteiger partial charge in [0.25, 0.3) is 5.56 Å². The van der Waals surface area contributed by atoms with Gasteiger partial charge in [0.2, 0.25) is 5.75 Å². The number of fused-ring (bicyclic) bond motifs is 1. The number of hydrogen-bond donors (Lipinski definition) is 0. The molecule has 0 saturated heterocycles. The predicted octanol–water partition coefficient (Wildman–Crippen LogP) is 6.07. The summed E-state index contributed by atoms with van der Waals surface area (Å²) in [5.74, 6) is 0.787. The van der Waals surface area contributed by atoms with E-state index < -0.39 is 4.92 Å². The Morgan fingerprint density at radius 2 is 2.03 bits per heavy atom. The monoisotopic (exact) mass is 482 g/mol. The van der Waals surface area contributed by atoms with Crippen LogP contribution in [0.15, 0.2) is 46.3 Å². The highest BCUT2D eigenvalue weighted by atomic mass is 35.5. The molecule has 0 spiro atoms. The Morgan fingerprint density at radius 3 is 2.74 bits per heavy atom. The number of halogens is 1. The third kappa shape index (κ3) is 4.97. The minimum atomic E-state index is -0.530. The molecule has 178 valence electrons. The number of rotatable bonds is 7. The van der Waals surface area contributed by atoms with Gasteiger partial charge in [0.15, 0.2) is 0 Å². The van der Waals surface area contributed by atoms with E-state index in [1.807, 2.05) is 26.0 Å². The topological polar surface area (TPSA) is 99.6 Å². The van der Waals surface area contributed by atoms with Gasteiger partial charge >= 0.3 is 5.69 Å². The first kappa shape index (κ1) is 23.9. The Kier molecular flexibility index (Phi) is 7.26. The Labute approximate surface area is 202 Å². The Balaban J connectivity index is 1.79. The van der Waals surface area contributed by atoms with Gasteiger partial charge in [-0.3, -0.25) is 14.9 Å². The van der Waals surface area contributed by atoms with Crippen molar-refractivity contribution in [2.45, 2.75) is 64.4 Å². The van der Waals surface area contributed by atoms with Crippen LogP contribution in [-0.4, -0.2) is 26.9 Å². The second-order valence-electron chi connectivity index (χ2n) is 8.63. The number of nitro benzene ring substituents is 1. The van der Waals surface area contributed by atoms with Crippen LogP contribution in [0.4, 0.5) is 5.69 Å². The van der Waals surface area contributed by atoms with Crippen molar-refractivity contribution in [1.82, 2.24) is 9.66 Å². The van der Waals surface area contributed by atoms with Gasteiger partial charge in [0.1, 0.15) is 5.82 Å². The van der Waals surface area contributed by atoms with Crippen molar-refractivity contribution in [2.24, 2.45) is 5.10 Å². The molecule has 1 fully saturated rings. The first-order valence-corrected chi connectivity index (χ1v) is 12.0. The average Bonchev–Trinajstić information content (AvgIpc) is 2.85. The fourth-order valence-electron chi connectivity index (χ4n) is 4.21. The van der Waals surface area contributed by atoms with Gasteiger partial charge in [0, 0.05) is 17.5 Å². The van der Waals surface area contributed by atoms with E-state index in [1.165, 1.54) is 23.4 Å². The first-order chi connectivity index (χ1) is 16.4. The largest absolute Gasteiger partial charge is 0.483 e. The van der Waals surface area contributed by atoms with Crippen LogP contribution in [0.5, 0.6) is 5.75 Å². The number of hydrogen-bond acceptors (Lipinski definition) is 6. The summed E-state index contributed by atoms with van der Waals surface area (Å²) in [6, 6.07) is 10.1. The highest BCUT2D eigenvalue weighted by molar-refractivity contribution is 6.32. The molecule has 3 aromatic rings. The lowest BCUT2D eigenvalue weighted by molar-refractivity contribution is -0.386. The molecule has 9 heteroatoms. The molecule has 0 bridgehead atoms. The van der Waals surface area contributed by atoms with E-state index in [4.69, 9.17) is 21.3 Å². The Morgan fingerprint density at radius 1 is 1.29 bits per heavy atom. The molecule has 1 aromatic heterocycles. The number of nitro groups is 1. The fourth-order valence-corrected chi connectivity index (χ4v) is 4.48. The molecule has 0 aliphatic heterocycles. The molecule has 0 amide bonds. The molecule has 1 aliphatic carbocycles. The molecule has 1 saturated carbocycles. The number of nitrogens with zero attached hydrogens (tertiary/aromatic N) is 4. The van der Waals surface area contributed by atoms with Crippen molar-refractivity contribution in [2.75, 3.05) is 0 Å². The third-order valence-corrected chi connectivity index (χ3v) is 6.49. The standard InChI is InChI=1S/C25H27ClN4O4/c1-3-16(2)34-23-20(26)13-17(14-22(23)30(32)33)15-27-29-24(18-9-5-4-6-10-18)28-21-12-8-7-11-19(21)25(29)31/h7-8,11-16,18H,3-6,9-10H2,1-2H3/t16-/m0/s1. The molecule has 0 radical (unpaired) electrons. The Hall–Kier alpha value is -3.26. The summed E-state index contributed by atoms with van der Waals surface area (Å²) < 4.78 is 7.02. The van der Waals surface area contributed by atoms with Crippen LogP contribution < -0.4 is 10.3 Å². The highest BCUT2D eigenvalue weighted by Gasteiger charge is 2.24. The van der Waals surface area contributed by atoms with E-state index >= 15 is 0 Å². The van der Waals surface area contributed by atoms with Crippen molar-refractivity contribution >= 4 is 34.4 Å². The molecule has 8 nitrogen and oxygen atoms in total. The lowest BCUT2D eigenvalue weighted by Gasteiger charge is -2.22. The summed E-state index contributed by atoms with van der Waals surface area (Å²) in [4.78, 5) is 29.3. The second kappa shape index (κ2) is 10.3. The van der Waals surface area contributed by atoms with Gasteiger partial charge in [-0.05, 0) is 44.4 Å². The van der Waals surface area contributed by atoms with E-state index in [0.717, 1.165) is 25.7 Å². The van der Waals surface area contributed by atoms with Crippen molar-refractivity contribution < 1.29 is 9.66 Å². The van der Waals surface area contributed by atoms with Gasteiger partial charge in [0.05, 0.1) is 33.2 Å². The van der Waals surface area contributed by atoms with E-state index in [0.29, 0.717) is 28.7 Å². The summed E-state index contributed by atoms with van der Waals surface area (Å²) in [5.41, 5.74) is 0.526. The lowest BCUT2D eigenvalue weighted by Crippen LogP contribution is -2.25. The van der Waals surface area contributed by atoms with Crippen LogP contribution in [0.2, 0.25) is 5.02 Å². The summed E-state index contributed by atoms with van der Waals surface area (Å²) in [6.07, 6.45) is 7.08. The maximum Gasteiger partial charge on any atom is 0.313 e.